The van der Waals surface area contributed by atoms with Gasteiger partial charge in [-0.05, 0) is 49.4 Å². The number of aryl methyl sites for hydroxylation is 1. The Labute approximate surface area is 98.0 Å². The number of hydrogen-bond donors (Lipinski definition) is 1. The first kappa shape index (κ1) is 11.3. The van der Waals surface area contributed by atoms with Crippen LogP contribution >= 0.6 is 0 Å². The van der Waals surface area contributed by atoms with E-state index in [4.69, 9.17) is 4.74 Å². The Bertz CT molecular complexity index is 360. The van der Waals surface area contributed by atoms with Crippen LogP contribution in [-0.4, -0.2) is 12.6 Å². The summed E-state index contributed by atoms with van der Waals surface area (Å²) in [5, 5.41) is 3.54. The molecule has 0 bridgehead atoms. The fraction of sp³-hybridized carbons (Fsp3) is 0.571. The number of fused-ring (bicyclic) bond motifs is 1. The number of anilines is 1. The van der Waals surface area contributed by atoms with E-state index in [1.807, 2.05) is 0 Å². The second-order valence-corrected chi connectivity index (χ2v) is 4.95. The normalized spacial score (nSPS) is 16.5. The van der Waals surface area contributed by atoms with Crippen LogP contribution in [0.5, 0.6) is 5.75 Å². The van der Waals surface area contributed by atoms with E-state index < -0.39 is 0 Å². The summed E-state index contributed by atoms with van der Waals surface area (Å²) in [6.07, 6.45) is 2.27. The van der Waals surface area contributed by atoms with E-state index in [0.717, 1.165) is 25.2 Å². The average Bonchev–Trinajstić information content (AvgIpc) is 2.28. The average molecular weight is 219 g/mol. The number of rotatable bonds is 3. The number of hydrogen-bond acceptors (Lipinski definition) is 2. The first-order chi connectivity index (χ1) is 7.66. The molecule has 2 nitrogen and oxygen atoms in total. The molecule has 0 radical (unpaired) electrons. The predicted molar refractivity (Wildman–Crippen MR) is 68.2 cm³/mol. The lowest BCUT2D eigenvalue weighted by Gasteiger charge is -2.22. The molecule has 1 N–H and O–H groups in total. The topological polar surface area (TPSA) is 21.3 Å². The van der Waals surface area contributed by atoms with Gasteiger partial charge in [0, 0.05) is 11.7 Å². The van der Waals surface area contributed by atoms with Crippen molar-refractivity contribution in [1.82, 2.24) is 0 Å². The van der Waals surface area contributed by atoms with Gasteiger partial charge in [-0.2, -0.15) is 0 Å². The third kappa shape index (κ3) is 2.49. The van der Waals surface area contributed by atoms with Gasteiger partial charge in [-0.25, -0.2) is 0 Å². The van der Waals surface area contributed by atoms with Gasteiger partial charge in [0.05, 0.1) is 6.61 Å². The van der Waals surface area contributed by atoms with E-state index in [0.29, 0.717) is 12.0 Å². The van der Waals surface area contributed by atoms with Crippen LogP contribution in [0.3, 0.4) is 0 Å². The summed E-state index contributed by atoms with van der Waals surface area (Å²) in [7, 11) is 0. The van der Waals surface area contributed by atoms with Crippen LogP contribution in [0.25, 0.3) is 0 Å². The van der Waals surface area contributed by atoms with Gasteiger partial charge < -0.3 is 10.1 Å². The van der Waals surface area contributed by atoms with Crippen molar-refractivity contribution >= 4 is 5.69 Å². The predicted octanol–water partition coefficient (Wildman–Crippen LogP) is 3.47. The molecule has 1 atom stereocenters. The minimum atomic E-state index is 0.502. The van der Waals surface area contributed by atoms with Gasteiger partial charge >= 0.3 is 0 Å². The number of benzene rings is 1. The van der Waals surface area contributed by atoms with Crippen molar-refractivity contribution in [1.29, 1.82) is 0 Å². The van der Waals surface area contributed by atoms with E-state index in [1.54, 1.807) is 0 Å². The molecular formula is C14H21NO. The first-order valence-corrected chi connectivity index (χ1v) is 6.19. The largest absolute Gasteiger partial charge is 0.493 e. The van der Waals surface area contributed by atoms with Gasteiger partial charge in [-0.1, -0.05) is 13.8 Å². The smallest absolute Gasteiger partial charge is 0.122 e. The van der Waals surface area contributed by atoms with Gasteiger partial charge in [0.1, 0.15) is 5.75 Å². The van der Waals surface area contributed by atoms with Gasteiger partial charge in [0.15, 0.2) is 0 Å². The molecule has 88 valence electrons. The van der Waals surface area contributed by atoms with Crippen LogP contribution in [0.2, 0.25) is 0 Å². The van der Waals surface area contributed by atoms with Crippen LogP contribution in [0.4, 0.5) is 5.69 Å². The van der Waals surface area contributed by atoms with Crippen LogP contribution < -0.4 is 10.1 Å². The first-order valence-electron chi connectivity index (χ1n) is 6.19. The summed E-state index contributed by atoms with van der Waals surface area (Å²) in [4.78, 5) is 0. The Hall–Kier alpha value is -1.18. The molecule has 0 saturated heterocycles. The molecule has 1 aliphatic rings. The van der Waals surface area contributed by atoms with Crippen LogP contribution in [-0.2, 0) is 6.42 Å². The Morgan fingerprint density at radius 1 is 1.25 bits per heavy atom. The monoisotopic (exact) mass is 219 g/mol. The molecule has 2 heteroatoms. The summed E-state index contributed by atoms with van der Waals surface area (Å²) >= 11 is 0. The molecular weight excluding hydrogens is 198 g/mol. The van der Waals surface area contributed by atoms with Crippen molar-refractivity contribution in [2.75, 3.05) is 11.9 Å². The van der Waals surface area contributed by atoms with Gasteiger partial charge in [-0.3, -0.25) is 0 Å². The van der Waals surface area contributed by atoms with Crippen LogP contribution in [0.1, 0.15) is 32.8 Å². The molecule has 0 spiro atoms. The zero-order valence-corrected chi connectivity index (χ0v) is 10.4. The molecule has 1 unspecified atom stereocenters. The molecule has 16 heavy (non-hydrogen) atoms. The molecule has 1 heterocycles. The maximum absolute atomic E-state index is 5.60. The summed E-state index contributed by atoms with van der Waals surface area (Å²) in [5.41, 5.74) is 2.55. The second-order valence-electron chi connectivity index (χ2n) is 4.95. The molecule has 0 aromatic heterocycles. The molecule has 1 aliphatic heterocycles. The standard InChI is InChI=1S/C14H21NO/c1-10(2)11(3)15-13-6-7-14-12(9-13)5-4-8-16-14/h6-7,9-11,15H,4-5,8H2,1-3H3. The third-order valence-corrected chi connectivity index (χ3v) is 3.30. The van der Waals surface area contributed by atoms with Crippen molar-refractivity contribution < 1.29 is 4.74 Å². The highest BCUT2D eigenvalue weighted by Crippen LogP contribution is 2.28. The van der Waals surface area contributed by atoms with Gasteiger partial charge in [0.2, 0.25) is 0 Å². The van der Waals surface area contributed by atoms with Gasteiger partial charge in [-0.15, -0.1) is 0 Å². The lowest BCUT2D eigenvalue weighted by atomic mass is 10.0. The Morgan fingerprint density at radius 2 is 2.06 bits per heavy atom. The highest BCUT2D eigenvalue weighted by atomic mass is 16.5. The van der Waals surface area contributed by atoms with E-state index in [2.05, 4.69) is 44.3 Å². The van der Waals surface area contributed by atoms with Crippen molar-refractivity contribution in [3.8, 4) is 5.75 Å². The lowest BCUT2D eigenvalue weighted by Crippen LogP contribution is -2.21. The van der Waals surface area contributed by atoms with Crippen molar-refractivity contribution in [2.45, 2.75) is 39.7 Å². The number of nitrogens with one attached hydrogen (secondary N) is 1. The van der Waals surface area contributed by atoms with Crippen molar-refractivity contribution in [3.05, 3.63) is 23.8 Å². The highest BCUT2D eigenvalue weighted by molar-refractivity contribution is 5.52. The Balaban J connectivity index is 2.11. The summed E-state index contributed by atoms with van der Waals surface area (Å²) < 4.78 is 5.60. The summed E-state index contributed by atoms with van der Waals surface area (Å²) in [5.74, 6) is 1.71. The third-order valence-electron chi connectivity index (χ3n) is 3.30. The Kier molecular flexibility index (Phi) is 3.37. The molecule has 1 aromatic carbocycles. The van der Waals surface area contributed by atoms with E-state index in [1.165, 1.54) is 11.3 Å². The Morgan fingerprint density at radius 3 is 2.81 bits per heavy atom. The minimum Gasteiger partial charge on any atom is -0.493 e. The number of ether oxygens (including phenoxy) is 1. The minimum absolute atomic E-state index is 0.502. The molecule has 0 amide bonds. The fourth-order valence-electron chi connectivity index (χ4n) is 1.88. The van der Waals surface area contributed by atoms with Gasteiger partial charge in [0.25, 0.3) is 0 Å². The van der Waals surface area contributed by atoms with Crippen molar-refractivity contribution in [3.63, 3.8) is 0 Å². The van der Waals surface area contributed by atoms with Crippen molar-refractivity contribution in [2.24, 2.45) is 5.92 Å². The quantitative estimate of drug-likeness (QED) is 0.840. The van der Waals surface area contributed by atoms with Crippen LogP contribution in [0.15, 0.2) is 18.2 Å². The highest BCUT2D eigenvalue weighted by Gasteiger charge is 2.12. The second kappa shape index (κ2) is 4.77. The maximum atomic E-state index is 5.60. The molecule has 0 fully saturated rings. The zero-order valence-electron chi connectivity index (χ0n) is 10.4. The van der Waals surface area contributed by atoms with E-state index >= 15 is 0 Å². The fourth-order valence-corrected chi connectivity index (χ4v) is 1.88. The molecule has 0 aliphatic carbocycles. The molecule has 2 rings (SSSR count). The molecule has 0 saturated carbocycles. The maximum Gasteiger partial charge on any atom is 0.122 e. The van der Waals surface area contributed by atoms with Crippen LogP contribution in [0, 0.1) is 5.92 Å². The lowest BCUT2D eigenvalue weighted by molar-refractivity contribution is 0.288. The SMILES string of the molecule is CC(C)C(C)Nc1ccc2c(c1)CCCO2. The molecule has 1 aromatic rings. The summed E-state index contributed by atoms with van der Waals surface area (Å²) in [6, 6.07) is 6.93. The summed E-state index contributed by atoms with van der Waals surface area (Å²) in [6.45, 7) is 7.56. The van der Waals surface area contributed by atoms with E-state index in [-0.39, 0.29) is 0 Å². The van der Waals surface area contributed by atoms with E-state index in [9.17, 15) is 0 Å². The zero-order chi connectivity index (χ0) is 11.5.